The Morgan fingerprint density at radius 2 is 2.21 bits per heavy atom. The summed E-state index contributed by atoms with van der Waals surface area (Å²) >= 11 is 0. The largest absolute Gasteiger partial charge is 0.394 e. The van der Waals surface area contributed by atoms with E-state index in [2.05, 4.69) is 20.5 Å². The molecule has 1 rings (SSSR count). The van der Waals surface area contributed by atoms with E-state index in [1.807, 2.05) is 0 Å². The first-order chi connectivity index (χ1) is 8.93. The number of aryl methyl sites for hydroxylation is 1. The highest BCUT2D eigenvalue weighted by molar-refractivity contribution is 5.64. The molecule has 0 saturated carbocycles. The molecule has 0 saturated heterocycles. The third kappa shape index (κ3) is 4.75. The lowest BCUT2D eigenvalue weighted by molar-refractivity contribution is -0.0541. The molecule has 9 nitrogen and oxygen atoms in total. The van der Waals surface area contributed by atoms with Crippen LogP contribution in [0, 0.1) is 6.92 Å². The fourth-order valence-corrected chi connectivity index (χ4v) is 1.23. The number of hydrogen-bond acceptors (Lipinski definition) is 8. The molecule has 3 atom stereocenters. The highest BCUT2D eigenvalue weighted by Crippen LogP contribution is 1.99. The van der Waals surface area contributed by atoms with Crippen molar-refractivity contribution in [3.63, 3.8) is 0 Å². The summed E-state index contributed by atoms with van der Waals surface area (Å²) in [6, 6.07) is 1.30. The molecule has 0 bridgehead atoms. The maximum Gasteiger partial charge on any atom is 0.252 e. The molecule has 106 valence electrons. The first-order valence-electron chi connectivity index (χ1n) is 5.46. The zero-order chi connectivity index (χ0) is 14.4. The molecule has 1 aromatic rings. The average Bonchev–Trinajstić information content (AvgIpc) is 2.35. The molecular formula is C10H16N4O5. The van der Waals surface area contributed by atoms with Crippen LogP contribution in [0.3, 0.4) is 0 Å². The minimum Gasteiger partial charge on any atom is -0.394 e. The van der Waals surface area contributed by atoms with Gasteiger partial charge in [0.05, 0.1) is 12.8 Å². The Morgan fingerprint density at radius 1 is 1.53 bits per heavy atom. The fourth-order valence-electron chi connectivity index (χ4n) is 1.23. The standard InChI is InChI=1S/C10H16N4O5/c1-5-2-8(18)13-10(12-5)14-11-3-6(16)9(19)7(17)4-15/h2-3,6-7,9,15-17,19H,4H2,1H3,(H2,12,13,14,18)/b11-3+/t6-,7-,9+/m0/s1. The summed E-state index contributed by atoms with van der Waals surface area (Å²) in [5.41, 5.74) is 2.48. The number of aromatic amines is 1. The number of aliphatic hydroxyl groups excluding tert-OH is 4. The van der Waals surface area contributed by atoms with Crippen LogP contribution in [0.4, 0.5) is 5.95 Å². The third-order valence-corrected chi connectivity index (χ3v) is 2.20. The molecule has 1 aromatic heterocycles. The van der Waals surface area contributed by atoms with Crippen molar-refractivity contribution < 1.29 is 20.4 Å². The number of nitrogens with zero attached hydrogens (tertiary/aromatic N) is 2. The summed E-state index contributed by atoms with van der Waals surface area (Å²) in [7, 11) is 0. The van der Waals surface area contributed by atoms with Crippen LogP contribution in [0.15, 0.2) is 16.0 Å². The molecule has 0 aromatic carbocycles. The molecule has 0 aliphatic rings. The van der Waals surface area contributed by atoms with E-state index >= 15 is 0 Å². The lowest BCUT2D eigenvalue weighted by Crippen LogP contribution is -2.40. The highest BCUT2D eigenvalue weighted by Gasteiger charge is 2.22. The van der Waals surface area contributed by atoms with E-state index in [4.69, 9.17) is 10.2 Å². The van der Waals surface area contributed by atoms with E-state index in [1.165, 1.54) is 6.07 Å². The van der Waals surface area contributed by atoms with Gasteiger partial charge in [-0.2, -0.15) is 5.10 Å². The van der Waals surface area contributed by atoms with Gasteiger partial charge < -0.3 is 20.4 Å². The van der Waals surface area contributed by atoms with Gasteiger partial charge in [-0.15, -0.1) is 0 Å². The first-order valence-corrected chi connectivity index (χ1v) is 5.46. The molecule has 0 amide bonds. The van der Waals surface area contributed by atoms with Crippen LogP contribution in [-0.4, -0.2) is 61.5 Å². The summed E-state index contributed by atoms with van der Waals surface area (Å²) in [4.78, 5) is 17.4. The normalized spacial score (nSPS) is 16.3. The van der Waals surface area contributed by atoms with Gasteiger partial charge in [0.15, 0.2) is 0 Å². The van der Waals surface area contributed by atoms with Crippen LogP contribution in [0.1, 0.15) is 5.69 Å². The van der Waals surface area contributed by atoms with Gasteiger partial charge in [0.1, 0.15) is 18.3 Å². The van der Waals surface area contributed by atoms with Crippen molar-refractivity contribution in [2.24, 2.45) is 5.10 Å². The molecule has 9 heteroatoms. The van der Waals surface area contributed by atoms with Crippen molar-refractivity contribution in [1.82, 2.24) is 9.97 Å². The Balaban J connectivity index is 2.60. The molecule has 0 radical (unpaired) electrons. The number of aliphatic hydroxyl groups is 4. The predicted octanol–water partition coefficient (Wildman–Crippen LogP) is -2.45. The molecule has 0 aliphatic heterocycles. The van der Waals surface area contributed by atoms with E-state index in [1.54, 1.807) is 6.92 Å². The van der Waals surface area contributed by atoms with Gasteiger partial charge in [-0.1, -0.05) is 0 Å². The molecular weight excluding hydrogens is 256 g/mol. The summed E-state index contributed by atoms with van der Waals surface area (Å²) in [5.74, 6) is 0.0747. The summed E-state index contributed by atoms with van der Waals surface area (Å²) < 4.78 is 0. The average molecular weight is 272 g/mol. The number of rotatable bonds is 6. The van der Waals surface area contributed by atoms with Crippen molar-refractivity contribution in [2.75, 3.05) is 12.0 Å². The van der Waals surface area contributed by atoms with E-state index in [0.29, 0.717) is 5.69 Å². The Kier molecular flexibility index (Phi) is 5.57. The lowest BCUT2D eigenvalue weighted by atomic mass is 10.1. The topological polar surface area (TPSA) is 151 Å². The van der Waals surface area contributed by atoms with Crippen LogP contribution in [-0.2, 0) is 0 Å². The number of aromatic nitrogens is 2. The summed E-state index contributed by atoms with van der Waals surface area (Å²) in [6.07, 6.45) is -3.61. The highest BCUT2D eigenvalue weighted by atomic mass is 16.4. The second-order valence-corrected chi connectivity index (χ2v) is 3.86. The van der Waals surface area contributed by atoms with E-state index in [0.717, 1.165) is 6.21 Å². The van der Waals surface area contributed by atoms with Gasteiger partial charge in [0, 0.05) is 11.8 Å². The Bertz CT molecular complexity index is 489. The van der Waals surface area contributed by atoms with Crippen molar-refractivity contribution >= 4 is 12.2 Å². The second-order valence-electron chi connectivity index (χ2n) is 3.86. The van der Waals surface area contributed by atoms with E-state index in [9.17, 15) is 15.0 Å². The smallest absolute Gasteiger partial charge is 0.252 e. The lowest BCUT2D eigenvalue weighted by Gasteiger charge is -2.17. The van der Waals surface area contributed by atoms with E-state index in [-0.39, 0.29) is 11.5 Å². The molecule has 0 aliphatic carbocycles. The zero-order valence-corrected chi connectivity index (χ0v) is 10.2. The van der Waals surface area contributed by atoms with Crippen molar-refractivity contribution in [3.05, 3.63) is 22.1 Å². The number of hydrogen-bond donors (Lipinski definition) is 6. The summed E-state index contributed by atoms with van der Waals surface area (Å²) in [5, 5.41) is 39.9. The van der Waals surface area contributed by atoms with Gasteiger partial charge >= 0.3 is 0 Å². The van der Waals surface area contributed by atoms with Gasteiger partial charge in [-0.25, -0.2) is 10.4 Å². The third-order valence-electron chi connectivity index (χ3n) is 2.20. The molecule has 19 heavy (non-hydrogen) atoms. The molecule has 0 fully saturated rings. The molecule has 6 N–H and O–H groups in total. The van der Waals surface area contributed by atoms with Gasteiger partial charge in [0.2, 0.25) is 5.95 Å². The van der Waals surface area contributed by atoms with Crippen molar-refractivity contribution in [2.45, 2.75) is 25.2 Å². The number of nitrogens with one attached hydrogen (secondary N) is 2. The minimum atomic E-state index is -1.57. The Hall–Kier alpha value is -1.81. The predicted molar refractivity (Wildman–Crippen MR) is 66.8 cm³/mol. The van der Waals surface area contributed by atoms with Crippen LogP contribution >= 0.6 is 0 Å². The maximum absolute atomic E-state index is 11.1. The van der Waals surface area contributed by atoms with Crippen molar-refractivity contribution in [3.8, 4) is 0 Å². The number of H-pyrrole nitrogens is 1. The van der Waals surface area contributed by atoms with Crippen LogP contribution in [0.5, 0.6) is 0 Å². The zero-order valence-electron chi connectivity index (χ0n) is 10.2. The molecule has 1 heterocycles. The minimum absolute atomic E-state index is 0.0747. The van der Waals surface area contributed by atoms with Crippen LogP contribution < -0.4 is 11.0 Å². The number of hydrazone groups is 1. The maximum atomic E-state index is 11.1. The van der Waals surface area contributed by atoms with Gasteiger partial charge in [-0.3, -0.25) is 9.78 Å². The molecule has 0 unspecified atom stereocenters. The van der Waals surface area contributed by atoms with Gasteiger partial charge in [-0.05, 0) is 6.92 Å². The second kappa shape index (κ2) is 6.95. The monoisotopic (exact) mass is 272 g/mol. The summed E-state index contributed by atoms with van der Waals surface area (Å²) in [6.45, 7) is 0.937. The van der Waals surface area contributed by atoms with Crippen molar-refractivity contribution in [1.29, 1.82) is 0 Å². The quantitative estimate of drug-likeness (QED) is 0.248. The SMILES string of the molecule is Cc1cc(=O)[nH]c(N/N=C/[C@H](O)[C@@H](O)[C@@H](O)CO)n1. The number of anilines is 1. The fraction of sp³-hybridized carbons (Fsp3) is 0.500. The first kappa shape index (κ1) is 15.2. The Morgan fingerprint density at radius 3 is 2.79 bits per heavy atom. The Labute approximate surface area is 108 Å². The molecule has 0 spiro atoms. The van der Waals surface area contributed by atoms with Crippen LogP contribution in [0.25, 0.3) is 0 Å². The van der Waals surface area contributed by atoms with Gasteiger partial charge in [0.25, 0.3) is 5.56 Å². The van der Waals surface area contributed by atoms with Crippen LogP contribution in [0.2, 0.25) is 0 Å². The van der Waals surface area contributed by atoms with E-state index < -0.39 is 24.9 Å².